The fourth-order valence-electron chi connectivity index (χ4n) is 1.73. The van der Waals surface area contributed by atoms with Crippen LogP contribution >= 0.6 is 0 Å². The quantitative estimate of drug-likeness (QED) is 0.896. The molecule has 0 saturated carbocycles. The molecule has 96 valence electrons. The molecular formula is C13H21NO2S. The maximum Gasteiger partial charge on any atom is 0.154 e. The van der Waals surface area contributed by atoms with E-state index < -0.39 is 21.1 Å². The lowest BCUT2D eigenvalue weighted by atomic mass is 10.00. The van der Waals surface area contributed by atoms with Crippen LogP contribution in [-0.4, -0.2) is 19.4 Å². The predicted octanol–water partition coefficient (Wildman–Crippen LogP) is 2.13. The molecule has 0 saturated heterocycles. The van der Waals surface area contributed by atoms with E-state index >= 15 is 0 Å². The van der Waals surface area contributed by atoms with Gasteiger partial charge in [-0.3, -0.25) is 0 Å². The van der Waals surface area contributed by atoms with Crippen molar-refractivity contribution >= 4 is 9.84 Å². The Morgan fingerprint density at radius 1 is 1.24 bits per heavy atom. The summed E-state index contributed by atoms with van der Waals surface area (Å²) in [5, 5.41) is -0.547. The van der Waals surface area contributed by atoms with Crippen molar-refractivity contribution in [1.82, 2.24) is 0 Å². The van der Waals surface area contributed by atoms with Crippen molar-refractivity contribution < 1.29 is 8.42 Å². The molecule has 2 atom stereocenters. The smallest absolute Gasteiger partial charge is 0.154 e. The van der Waals surface area contributed by atoms with Crippen molar-refractivity contribution in [1.29, 1.82) is 0 Å². The van der Waals surface area contributed by atoms with E-state index in [-0.39, 0.29) is 5.75 Å². The molecule has 1 aromatic rings. The van der Waals surface area contributed by atoms with E-state index in [1.807, 2.05) is 32.0 Å². The minimum Gasteiger partial charge on any atom is -0.323 e. The van der Waals surface area contributed by atoms with E-state index in [2.05, 4.69) is 0 Å². The number of hydrogen-bond donors (Lipinski definition) is 1. The number of rotatable bonds is 4. The van der Waals surface area contributed by atoms with Crippen LogP contribution in [0.5, 0.6) is 0 Å². The highest BCUT2D eigenvalue weighted by Gasteiger charge is 2.26. The third kappa shape index (κ3) is 3.07. The van der Waals surface area contributed by atoms with Gasteiger partial charge in [0.15, 0.2) is 9.84 Å². The van der Waals surface area contributed by atoms with E-state index in [0.717, 1.165) is 11.1 Å². The Balaban J connectivity index is 3.04. The van der Waals surface area contributed by atoms with Gasteiger partial charge in [-0.1, -0.05) is 25.1 Å². The van der Waals surface area contributed by atoms with Gasteiger partial charge in [0.1, 0.15) is 0 Å². The van der Waals surface area contributed by atoms with Crippen LogP contribution in [0.25, 0.3) is 0 Å². The highest BCUT2D eigenvalue weighted by Crippen LogP contribution is 2.22. The average Bonchev–Trinajstić information content (AvgIpc) is 2.30. The monoisotopic (exact) mass is 255 g/mol. The third-order valence-electron chi connectivity index (χ3n) is 3.39. The van der Waals surface area contributed by atoms with Crippen molar-refractivity contribution in [3.8, 4) is 0 Å². The molecule has 0 radical (unpaired) electrons. The molecule has 17 heavy (non-hydrogen) atoms. The maximum atomic E-state index is 11.8. The van der Waals surface area contributed by atoms with E-state index in [1.165, 1.54) is 5.56 Å². The Morgan fingerprint density at radius 2 is 1.82 bits per heavy atom. The molecule has 3 nitrogen and oxygen atoms in total. The van der Waals surface area contributed by atoms with E-state index in [0.29, 0.717) is 0 Å². The summed E-state index contributed by atoms with van der Waals surface area (Å²) >= 11 is 0. The third-order valence-corrected chi connectivity index (χ3v) is 5.62. The minimum atomic E-state index is -3.09. The fraction of sp³-hybridized carbons (Fsp3) is 0.538. The molecule has 4 heteroatoms. The van der Waals surface area contributed by atoms with Gasteiger partial charge in [-0.2, -0.15) is 0 Å². The molecular weight excluding hydrogens is 234 g/mol. The predicted molar refractivity (Wildman–Crippen MR) is 71.8 cm³/mol. The summed E-state index contributed by atoms with van der Waals surface area (Å²) in [6, 6.07) is 5.41. The van der Waals surface area contributed by atoms with Crippen molar-refractivity contribution in [2.75, 3.05) is 5.75 Å². The summed E-state index contributed by atoms with van der Waals surface area (Å²) in [6.07, 6.45) is 0. The lowest BCUT2D eigenvalue weighted by molar-refractivity contribution is 0.566. The maximum absolute atomic E-state index is 11.8. The number of aryl methyl sites for hydroxylation is 2. The molecule has 0 amide bonds. The van der Waals surface area contributed by atoms with E-state index in [4.69, 9.17) is 5.73 Å². The Hall–Kier alpha value is -0.870. The van der Waals surface area contributed by atoms with Gasteiger partial charge in [-0.05, 0) is 37.5 Å². The lowest BCUT2D eigenvalue weighted by Gasteiger charge is -2.20. The van der Waals surface area contributed by atoms with Crippen LogP contribution in [0.2, 0.25) is 0 Å². The first-order valence-electron chi connectivity index (χ1n) is 5.84. The van der Waals surface area contributed by atoms with E-state index in [9.17, 15) is 8.42 Å². The Labute approximate surface area is 104 Å². The standard InChI is InChI=1S/C13H21NO2S/c1-5-17(15,16)11(4)13(14)12-7-6-9(2)10(3)8-12/h6-8,11,13H,5,14H2,1-4H3. The zero-order chi connectivity index (χ0) is 13.2. The first-order chi connectivity index (χ1) is 7.79. The first kappa shape index (κ1) is 14.2. The summed E-state index contributed by atoms with van der Waals surface area (Å²) in [6.45, 7) is 7.36. The zero-order valence-electron chi connectivity index (χ0n) is 10.9. The van der Waals surface area contributed by atoms with Crippen LogP contribution in [-0.2, 0) is 9.84 Å². The second kappa shape index (κ2) is 5.19. The Bertz CT molecular complexity index is 494. The number of nitrogens with two attached hydrogens (primary N) is 1. The fourth-order valence-corrected chi connectivity index (χ4v) is 2.86. The molecule has 0 aromatic heterocycles. The van der Waals surface area contributed by atoms with Crippen LogP contribution in [0.3, 0.4) is 0 Å². The minimum absolute atomic E-state index is 0.132. The molecule has 0 heterocycles. The van der Waals surface area contributed by atoms with Gasteiger partial charge < -0.3 is 5.73 Å². The van der Waals surface area contributed by atoms with Crippen molar-refractivity contribution in [2.24, 2.45) is 5.73 Å². The van der Waals surface area contributed by atoms with Gasteiger partial charge >= 0.3 is 0 Å². The Morgan fingerprint density at radius 3 is 2.29 bits per heavy atom. The molecule has 2 N–H and O–H groups in total. The van der Waals surface area contributed by atoms with Gasteiger partial charge in [0.05, 0.1) is 5.25 Å². The van der Waals surface area contributed by atoms with Crippen LogP contribution < -0.4 is 5.73 Å². The number of hydrogen-bond acceptors (Lipinski definition) is 3. The van der Waals surface area contributed by atoms with Crippen LogP contribution in [0, 0.1) is 13.8 Å². The molecule has 1 rings (SSSR count). The van der Waals surface area contributed by atoms with Crippen molar-refractivity contribution in [3.63, 3.8) is 0 Å². The summed E-state index contributed by atoms with van der Waals surface area (Å²) in [4.78, 5) is 0. The van der Waals surface area contributed by atoms with Crippen molar-refractivity contribution in [3.05, 3.63) is 34.9 Å². The largest absolute Gasteiger partial charge is 0.323 e. The number of benzene rings is 1. The molecule has 0 bridgehead atoms. The first-order valence-corrected chi connectivity index (χ1v) is 7.55. The molecule has 0 spiro atoms. The molecule has 2 unspecified atom stereocenters. The summed E-state index contributed by atoms with van der Waals surface area (Å²) < 4.78 is 23.6. The van der Waals surface area contributed by atoms with Crippen LogP contribution in [0.4, 0.5) is 0 Å². The van der Waals surface area contributed by atoms with Crippen LogP contribution in [0.1, 0.15) is 36.6 Å². The second-order valence-corrected chi connectivity index (χ2v) is 7.17. The molecule has 0 aliphatic rings. The van der Waals surface area contributed by atoms with Gasteiger partial charge in [0.2, 0.25) is 0 Å². The summed E-state index contributed by atoms with van der Waals surface area (Å²) in [7, 11) is -3.09. The van der Waals surface area contributed by atoms with Gasteiger partial charge in [0.25, 0.3) is 0 Å². The summed E-state index contributed by atoms with van der Waals surface area (Å²) in [5.74, 6) is 0.132. The van der Waals surface area contributed by atoms with Crippen LogP contribution in [0.15, 0.2) is 18.2 Å². The van der Waals surface area contributed by atoms with Gasteiger partial charge in [0, 0.05) is 11.8 Å². The number of sulfone groups is 1. The SMILES string of the molecule is CCS(=O)(=O)C(C)C(N)c1ccc(C)c(C)c1. The van der Waals surface area contributed by atoms with Gasteiger partial charge in [-0.25, -0.2) is 8.42 Å². The zero-order valence-corrected chi connectivity index (χ0v) is 11.7. The highest BCUT2D eigenvalue weighted by molar-refractivity contribution is 7.92. The normalized spacial score (nSPS) is 15.6. The topological polar surface area (TPSA) is 60.2 Å². The summed E-state index contributed by atoms with van der Waals surface area (Å²) in [5.41, 5.74) is 9.25. The molecule has 0 aliphatic heterocycles. The van der Waals surface area contributed by atoms with Gasteiger partial charge in [-0.15, -0.1) is 0 Å². The Kier molecular flexibility index (Phi) is 4.33. The molecule has 0 aliphatic carbocycles. The van der Waals surface area contributed by atoms with Crippen molar-refractivity contribution in [2.45, 2.75) is 39.0 Å². The molecule has 1 aromatic carbocycles. The lowest BCUT2D eigenvalue weighted by Crippen LogP contribution is -2.32. The molecule has 0 fully saturated rings. The average molecular weight is 255 g/mol. The second-order valence-electron chi connectivity index (χ2n) is 4.53. The van der Waals surface area contributed by atoms with E-state index in [1.54, 1.807) is 13.8 Å². The highest BCUT2D eigenvalue weighted by atomic mass is 32.2.